The average molecular weight is 257 g/mol. The fourth-order valence-corrected chi connectivity index (χ4v) is 1.61. The third-order valence-corrected chi connectivity index (χ3v) is 2.57. The van der Waals surface area contributed by atoms with Crippen LogP contribution in [0.3, 0.4) is 0 Å². The maximum Gasteiger partial charge on any atom is 0.224 e. The molecular weight excluding hydrogens is 240 g/mol. The monoisotopic (exact) mass is 256 g/mol. The number of aromatic nitrogens is 2. The fourth-order valence-electron chi connectivity index (χ4n) is 1.47. The minimum absolute atomic E-state index is 0.141. The third-order valence-electron chi connectivity index (χ3n) is 2.39. The molecule has 1 aromatic heterocycles. The number of carbonyl (C=O) groups excluding carboxylic acids is 1. The van der Waals surface area contributed by atoms with Gasteiger partial charge in [-0.15, -0.1) is 0 Å². The number of amides is 1. The van der Waals surface area contributed by atoms with Crippen molar-refractivity contribution in [3.05, 3.63) is 17.5 Å². The van der Waals surface area contributed by atoms with Gasteiger partial charge in [0.15, 0.2) is 0 Å². The molecule has 94 valence electrons. The van der Waals surface area contributed by atoms with E-state index in [1.54, 1.807) is 17.2 Å². The van der Waals surface area contributed by atoms with Crippen molar-refractivity contribution in [3.8, 4) is 0 Å². The lowest BCUT2D eigenvalue weighted by atomic mass is 10.3. The van der Waals surface area contributed by atoms with Crippen molar-refractivity contribution in [3.63, 3.8) is 0 Å². The second-order valence-electron chi connectivity index (χ2n) is 3.45. The van der Waals surface area contributed by atoms with Crippen molar-refractivity contribution in [2.45, 2.75) is 20.3 Å². The number of anilines is 1. The first kappa shape index (κ1) is 13.7. The molecule has 0 saturated heterocycles. The third kappa shape index (κ3) is 4.56. The summed E-state index contributed by atoms with van der Waals surface area (Å²) in [5.74, 6) is 0.778. The van der Waals surface area contributed by atoms with Crippen LogP contribution in [0.1, 0.15) is 20.3 Å². The second-order valence-corrected chi connectivity index (χ2v) is 3.79. The lowest BCUT2D eigenvalue weighted by Gasteiger charge is -2.18. The van der Waals surface area contributed by atoms with Gasteiger partial charge in [-0.2, -0.15) is 0 Å². The van der Waals surface area contributed by atoms with Gasteiger partial charge in [0.1, 0.15) is 5.82 Å². The van der Waals surface area contributed by atoms with E-state index in [1.165, 1.54) is 0 Å². The first-order chi connectivity index (χ1) is 8.17. The Morgan fingerprint density at radius 3 is 2.76 bits per heavy atom. The number of nitrogens with one attached hydrogen (secondary N) is 1. The van der Waals surface area contributed by atoms with Gasteiger partial charge in [0.2, 0.25) is 11.2 Å². The Morgan fingerprint density at radius 1 is 1.47 bits per heavy atom. The van der Waals surface area contributed by atoms with Gasteiger partial charge in [-0.25, -0.2) is 9.97 Å². The summed E-state index contributed by atoms with van der Waals surface area (Å²) in [6, 6.07) is 1.72. The molecule has 0 radical (unpaired) electrons. The number of hydrogen-bond acceptors (Lipinski definition) is 4. The molecule has 0 atom stereocenters. The Hall–Kier alpha value is -1.36. The predicted molar refractivity (Wildman–Crippen MR) is 68.1 cm³/mol. The molecule has 0 aliphatic rings. The summed E-state index contributed by atoms with van der Waals surface area (Å²) in [6.07, 6.45) is 2.02. The van der Waals surface area contributed by atoms with Crippen molar-refractivity contribution < 1.29 is 4.79 Å². The molecule has 0 aromatic carbocycles. The highest BCUT2D eigenvalue weighted by Gasteiger charge is 2.08. The van der Waals surface area contributed by atoms with E-state index in [2.05, 4.69) is 15.3 Å². The maximum absolute atomic E-state index is 11.7. The zero-order valence-electron chi connectivity index (χ0n) is 10.1. The summed E-state index contributed by atoms with van der Waals surface area (Å²) in [5.41, 5.74) is 0. The zero-order chi connectivity index (χ0) is 12.7. The molecule has 1 heterocycles. The van der Waals surface area contributed by atoms with Crippen LogP contribution in [-0.4, -0.2) is 40.4 Å². The first-order valence-corrected chi connectivity index (χ1v) is 6.05. The summed E-state index contributed by atoms with van der Waals surface area (Å²) in [4.78, 5) is 21.2. The van der Waals surface area contributed by atoms with Crippen LogP contribution in [0, 0.1) is 0 Å². The van der Waals surface area contributed by atoms with Crippen LogP contribution in [0.15, 0.2) is 12.3 Å². The average Bonchev–Trinajstić information content (AvgIpc) is 2.30. The zero-order valence-corrected chi connectivity index (χ0v) is 10.9. The molecule has 0 saturated carbocycles. The summed E-state index contributed by atoms with van der Waals surface area (Å²) in [5, 5.41) is 3.24. The predicted octanol–water partition coefficient (Wildman–Crippen LogP) is 1.80. The number of nitrogens with zero attached hydrogens (tertiary/aromatic N) is 3. The summed E-state index contributed by atoms with van der Waals surface area (Å²) in [7, 11) is 0. The number of rotatable bonds is 6. The van der Waals surface area contributed by atoms with E-state index in [1.807, 2.05) is 13.8 Å². The number of halogens is 1. The highest BCUT2D eigenvalue weighted by Crippen LogP contribution is 2.05. The topological polar surface area (TPSA) is 58.1 Å². The van der Waals surface area contributed by atoms with Crippen LogP contribution >= 0.6 is 11.6 Å². The molecule has 6 heteroatoms. The van der Waals surface area contributed by atoms with Gasteiger partial charge in [0.25, 0.3) is 0 Å². The lowest BCUT2D eigenvalue weighted by molar-refractivity contribution is -0.130. The van der Waals surface area contributed by atoms with E-state index >= 15 is 0 Å². The van der Waals surface area contributed by atoms with Gasteiger partial charge in [-0.3, -0.25) is 4.79 Å². The van der Waals surface area contributed by atoms with Crippen LogP contribution in [0.4, 0.5) is 5.82 Å². The van der Waals surface area contributed by atoms with Crippen molar-refractivity contribution in [1.82, 2.24) is 14.9 Å². The molecule has 0 aliphatic heterocycles. The van der Waals surface area contributed by atoms with Crippen molar-refractivity contribution >= 4 is 23.3 Å². The molecule has 1 rings (SSSR count). The van der Waals surface area contributed by atoms with Gasteiger partial charge >= 0.3 is 0 Å². The van der Waals surface area contributed by atoms with Crippen molar-refractivity contribution in [2.24, 2.45) is 0 Å². The molecule has 0 aliphatic carbocycles. The SMILES string of the molecule is CCN(CC)C(=O)CCNc1ccnc(Cl)n1. The normalized spacial score (nSPS) is 10.1. The molecular formula is C11H17ClN4O. The van der Waals surface area contributed by atoms with Gasteiger partial charge in [0.05, 0.1) is 0 Å². The van der Waals surface area contributed by atoms with Gasteiger partial charge in [-0.05, 0) is 31.5 Å². The minimum atomic E-state index is 0.141. The van der Waals surface area contributed by atoms with Crippen molar-refractivity contribution in [1.29, 1.82) is 0 Å². The Kier molecular flexibility index (Phi) is 5.69. The van der Waals surface area contributed by atoms with Crippen LogP contribution in [0.25, 0.3) is 0 Å². The molecule has 0 fully saturated rings. The molecule has 1 N–H and O–H groups in total. The van der Waals surface area contributed by atoms with E-state index in [0.717, 1.165) is 13.1 Å². The highest BCUT2D eigenvalue weighted by atomic mass is 35.5. The summed E-state index contributed by atoms with van der Waals surface area (Å²) >= 11 is 5.64. The smallest absolute Gasteiger partial charge is 0.224 e. The molecule has 17 heavy (non-hydrogen) atoms. The van der Waals surface area contributed by atoms with Gasteiger partial charge in [0, 0.05) is 32.3 Å². The van der Waals surface area contributed by atoms with E-state index in [0.29, 0.717) is 18.8 Å². The van der Waals surface area contributed by atoms with E-state index in [4.69, 9.17) is 11.6 Å². The minimum Gasteiger partial charge on any atom is -0.369 e. The fraction of sp³-hybridized carbons (Fsp3) is 0.545. The van der Waals surface area contributed by atoms with E-state index < -0.39 is 0 Å². The highest BCUT2D eigenvalue weighted by molar-refractivity contribution is 6.28. The van der Waals surface area contributed by atoms with Crippen LogP contribution in [-0.2, 0) is 4.79 Å². The lowest BCUT2D eigenvalue weighted by Crippen LogP contribution is -2.31. The van der Waals surface area contributed by atoms with E-state index in [9.17, 15) is 4.79 Å². The van der Waals surface area contributed by atoms with Crippen LogP contribution < -0.4 is 5.32 Å². The molecule has 5 nitrogen and oxygen atoms in total. The second kappa shape index (κ2) is 7.06. The number of hydrogen-bond donors (Lipinski definition) is 1. The van der Waals surface area contributed by atoms with Gasteiger partial charge < -0.3 is 10.2 Å². The Balaban J connectivity index is 2.35. The summed E-state index contributed by atoms with van der Waals surface area (Å²) < 4.78 is 0. The Bertz CT molecular complexity index is 368. The molecule has 1 amide bonds. The standard InChI is InChI=1S/C11H17ClN4O/c1-3-16(4-2)10(17)6-8-13-9-5-7-14-11(12)15-9/h5,7H,3-4,6,8H2,1-2H3,(H,13,14,15). The molecule has 1 aromatic rings. The Morgan fingerprint density at radius 2 is 2.18 bits per heavy atom. The van der Waals surface area contributed by atoms with Gasteiger partial charge in [-0.1, -0.05) is 0 Å². The quantitative estimate of drug-likeness (QED) is 0.789. The largest absolute Gasteiger partial charge is 0.369 e. The van der Waals surface area contributed by atoms with E-state index in [-0.39, 0.29) is 11.2 Å². The molecule has 0 spiro atoms. The number of carbonyl (C=O) groups is 1. The van der Waals surface area contributed by atoms with Crippen LogP contribution in [0.5, 0.6) is 0 Å². The first-order valence-electron chi connectivity index (χ1n) is 5.67. The van der Waals surface area contributed by atoms with Crippen molar-refractivity contribution in [2.75, 3.05) is 25.0 Å². The maximum atomic E-state index is 11.7. The molecule has 0 bridgehead atoms. The Labute approximate surface area is 106 Å². The molecule has 0 unspecified atom stereocenters. The summed E-state index contributed by atoms with van der Waals surface area (Å²) in [6.45, 7) is 5.98. The van der Waals surface area contributed by atoms with Crippen LogP contribution in [0.2, 0.25) is 5.28 Å².